The van der Waals surface area contributed by atoms with E-state index in [1.54, 1.807) is 0 Å². The Morgan fingerprint density at radius 3 is 1.00 bits per heavy atom. The first-order valence-electron chi connectivity index (χ1n) is 24.7. The molecule has 2 aliphatic rings. The van der Waals surface area contributed by atoms with Crippen LogP contribution in [0, 0.1) is 0 Å². The van der Waals surface area contributed by atoms with Gasteiger partial charge in [0.1, 0.15) is 0 Å². The molecule has 0 spiro atoms. The Hall–Kier alpha value is -8.92. The Labute approximate surface area is 417 Å². The van der Waals surface area contributed by atoms with Gasteiger partial charge in [0, 0.05) is 39.3 Å². The van der Waals surface area contributed by atoms with Gasteiger partial charge in [0.05, 0.1) is 11.4 Å². The van der Waals surface area contributed by atoms with Crippen LogP contribution in [0.5, 0.6) is 0 Å². The van der Waals surface area contributed by atoms with Crippen molar-refractivity contribution in [1.29, 1.82) is 0 Å². The van der Waals surface area contributed by atoms with Gasteiger partial charge in [0.2, 0.25) is 0 Å². The summed E-state index contributed by atoms with van der Waals surface area (Å²) in [6, 6.07) is 103. The highest BCUT2D eigenvalue weighted by atomic mass is 15.2. The Bertz CT molecular complexity index is 3470. The van der Waals surface area contributed by atoms with Gasteiger partial charge in [0.15, 0.2) is 0 Å². The fraction of sp³-hybridized carbons (Fsp3) is 0.0294. The fourth-order valence-corrected chi connectivity index (χ4v) is 11.5. The van der Waals surface area contributed by atoms with E-state index in [0.29, 0.717) is 0 Å². The zero-order chi connectivity index (χ0) is 47.3. The van der Waals surface area contributed by atoms with E-state index < -0.39 is 5.41 Å². The molecule has 0 aromatic heterocycles. The van der Waals surface area contributed by atoms with Crippen molar-refractivity contribution < 1.29 is 0 Å². The van der Waals surface area contributed by atoms with Gasteiger partial charge in [-0.05, 0) is 110 Å². The standard InChI is InChI=1S/C68H49BN2/c1-68(54-32-16-6-17-33-54,55-34-18-7-19-35-55)56-46-65-67-66(47-56)71(62-39-23-21-37-58(62)51-30-14-5-15-31-51)64-43-41-53(49-26-10-3-11-27-49)45-60(64)69(67)59-44-52(48-24-8-2-9-25-48)40-42-63(59)70(65)61-38-22-20-36-57(61)50-28-12-4-13-29-50/h2-47H,1H3. The summed E-state index contributed by atoms with van der Waals surface area (Å²) in [7, 11) is 0. The highest BCUT2D eigenvalue weighted by Crippen LogP contribution is 2.51. The smallest absolute Gasteiger partial charge is 0.252 e. The normalized spacial score (nSPS) is 12.5. The summed E-state index contributed by atoms with van der Waals surface area (Å²) in [5.41, 5.74) is 23.4. The van der Waals surface area contributed by atoms with Crippen molar-refractivity contribution >= 4 is 57.2 Å². The molecule has 0 amide bonds. The van der Waals surface area contributed by atoms with E-state index in [4.69, 9.17) is 0 Å². The Kier molecular flexibility index (Phi) is 10.4. The van der Waals surface area contributed by atoms with Crippen LogP contribution in [-0.4, -0.2) is 6.71 Å². The van der Waals surface area contributed by atoms with Gasteiger partial charge in [-0.25, -0.2) is 0 Å². The van der Waals surface area contributed by atoms with Crippen LogP contribution in [0.2, 0.25) is 0 Å². The van der Waals surface area contributed by atoms with Crippen LogP contribution in [0.15, 0.2) is 279 Å². The molecule has 0 saturated heterocycles. The molecule has 0 atom stereocenters. The third-order valence-electron chi connectivity index (χ3n) is 15.0. The Balaban J connectivity index is 1.20. The molecule has 0 aliphatic carbocycles. The molecule has 0 bridgehead atoms. The second-order valence-corrected chi connectivity index (χ2v) is 18.9. The highest BCUT2D eigenvalue weighted by molar-refractivity contribution is 7.00. The van der Waals surface area contributed by atoms with Gasteiger partial charge in [-0.2, -0.15) is 0 Å². The summed E-state index contributed by atoms with van der Waals surface area (Å²) >= 11 is 0. The molecule has 0 saturated carbocycles. The number of hydrogen-bond acceptors (Lipinski definition) is 2. The van der Waals surface area contributed by atoms with Crippen molar-refractivity contribution in [3.05, 3.63) is 296 Å². The number of para-hydroxylation sites is 2. The maximum atomic E-state index is 2.59. The van der Waals surface area contributed by atoms with Crippen molar-refractivity contribution in [2.75, 3.05) is 9.80 Å². The lowest BCUT2D eigenvalue weighted by atomic mass is 9.33. The van der Waals surface area contributed by atoms with Crippen LogP contribution >= 0.6 is 0 Å². The third kappa shape index (κ3) is 7.12. The zero-order valence-corrected chi connectivity index (χ0v) is 39.5. The minimum absolute atomic E-state index is 0.119. The van der Waals surface area contributed by atoms with Gasteiger partial charge in [-0.3, -0.25) is 0 Å². The summed E-state index contributed by atoms with van der Waals surface area (Å²) in [6.45, 7) is 2.30. The molecule has 13 rings (SSSR count). The van der Waals surface area contributed by atoms with Crippen LogP contribution in [-0.2, 0) is 5.41 Å². The van der Waals surface area contributed by atoms with E-state index >= 15 is 0 Å². The van der Waals surface area contributed by atoms with E-state index in [2.05, 4.69) is 296 Å². The minimum Gasteiger partial charge on any atom is -0.311 e. The van der Waals surface area contributed by atoms with Crippen LogP contribution in [0.3, 0.4) is 0 Å². The molecule has 0 unspecified atom stereocenters. The molecule has 2 heterocycles. The first kappa shape index (κ1) is 42.2. The van der Waals surface area contributed by atoms with Gasteiger partial charge in [-0.1, -0.05) is 243 Å². The summed E-state index contributed by atoms with van der Waals surface area (Å²) in [4.78, 5) is 5.18. The molecule has 71 heavy (non-hydrogen) atoms. The average Bonchev–Trinajstić information content (AvgIpc) is 3.46. The van der Waals surface area contributed by atoms with E-state index in [1.807, 2.05) is 0 Å². The number of rotatable bonds is 9. The fourth-order valence-electron chi connectivity index (χ4n) is 11.5. The molecule has 11 aromatic rings. The summed E-state index contributed by atoms with van der Waals surface area (Å²) in [5, 5.41) is 0. The number of anilines is 6. The maximum absolute atomic E-state index is 2.59. The maximum Gasteiger partial charge on any atom is 0.252 e. The predicted molar refractivity (Wildman–Crippen MR) is 301 cm³/mol. The van der Waals surface area contributed by atoms with E-state index in [9.17, 15) is 0 Å². The first-order chi connectivity index (χ1) is 35.1. The SMILES string of the molecule is CC(c1ccccc1)(c1ccccc1)c1cc2c3c(c1)N(c1ccccc1-c1ccccc1)c1ccc(-c4ccccc4)cc1B3c1cc(-c3ccccc3)ccc1N2c1ccccc1-c1ccccc1. The number of fused-ring (bicyclic) bond motifs is 4. The number of benzene rings is 11. The van der Waals surface area contributed by atoms with Gasteiger partial charge < -0.3 is 9.80 Å². The summed E-state index contributed by atoms with van der Waals surface area (Å²) in [5.74, 6) is 0. The first-order valence-corrected chi connectivity index (χ1v) is 24.7. The average molecular weight is 905 g/mol. The van der Waals surface area contributed by atoms with Crippen molar-refractivity contribution in [2.24, 2.45) is 0 Å². The molecular weight excluding hydrogens is 856 g/mol. The third-order valence-corrected chi connectivity index (χ3v) is 15.0. The van der Waals surface area contributed by atoms with Crippen LogP contribution < -0.4 is 26.2 Å². The van der Waals surface area contributed by atoms with Crippen molar-refractivity contribution in [3.63, 3.8) is 0 Å². The van der Waals surface area contributed by atoms with Crippen LogP contribution in [0.4, 0.5) is 34.1 Å². The second-order valence-electron chi connectivity index (χ2n) is 18.9. The van der Waals surface area contributed by atoms with Crippen LogP contribution in [0.1, 0.15) is 23.6 Å². The molecule has 2 aliphatic heterocycles. The molecule has 2 nitrogen and oxygen atoms in total. The van der Waals surface area contributed by atoms with Crippen molar-refractivity contribution in [2.45, 2.75) is 12.3 Å². The van der Waals surface area contributed by atoms with Crippen molar-refractivity contribution in [1.82, 2.24) is 0 Å². The molecule has 0 N–H and O–H groups in total. The molecule has 3 heteroatoms. The van der Waals surface area contributed by atoms with E-state index in [1.165, 1.54) is 100 Å². The van der Waals surface area contributed by atoms with E-state index in [-0.39, 0.29) is 6.71 Å². The van der Waals surface area contributed by atoms with Crippen molar-refractivity contribution in [3.8, 4) is 44.5 Å². The lowest BCUT2D eigenvalue weighted by molar-refractivity contribution is 0.693. The second kappa shape index (κ2) is 17.6. The van der Waals surface area contributed by atoms with Gasteiger partial charge >= 0.3 is 0 Å². The molecule has 334 valence electrons. The van der Waals surface area contributed by atoms with Crippen LogP contribution in [0.25, 0.3) is 44.5 Å². The monoisotopic (exact) mass is 904 g/mol. The van der Waals surface area contributed by atoms with E-state index in [0.717, 1.165) is 11.4 Å². The number of nitrogens with zero attached hydrogens (tertiary/aromatic N) is 2. The quantitative estimate of drug-likeness (QED) is 0.105. The van der Waals surface area contributed by atoms with Gasteiger partial charge in [-0.15, -0.1) is 0 Å². The molecule has 0 radical (unpaired) electrons. The molecule has 0 fully saturated rings. The highest BCUT2D eigenvalue weighted by Gasteiger charge is 2.46. The lowest BCUT2D eigenvalue weighted by Gasteiger charge is -2.46. The topological polar surface area (TPSA) is 6.48 Å². The minimum atomic E-state index is -0.548. The zero-order valence-electron chi connectivity index (χ0n) is 39.5. The predicted octanol–water partition coefficient (Wildman–Crippen LogP) is 15.8. The lowest BCUT2D eigenvalue weighted by Crippen LogP contribution is -2.61. The summed E-state index contributed by atoms with van der Waals surface area (Å²) < 4.78 is 0. The van der Waals surface area contributed by atoms with Gasteiger partial charge in [0.25, 0.3) is 6.71 Å². The molecular formula is C68H49BN2. The Morgan fingerprint density at radius 2 is 0.606 bits per heavy atom. The molecule has 11 aromatic carbocycles. The largest absolute Gasteiger partial charge is 0.311 e. The summed E-state index contributed by atoms with van der Waals surface area (Å²) in [6.07, 6.45) is 0. The Morgan fingerprint density at radius 1 is 0.268 bits per heavy atom. The number of hydrogen-bond donors (Lipinski definition) is 0.